The second-order valence-corrected chi connectivity index (χ2v) is 15.0. The maximum atomic E-state index is 13.2. The summed E-state index contributed by atoms with van der Waals surface area (Å²) in [7, 11) is 5.94. The number of amides is 4. The molecule has 0 aromatic heterocycles. The van der Waals surface area contributed by atoms with Gasteiger partial charge in [0.2, 0.25) is 23.6 Å². The van der Waals surface area contributed by atoms with Crippen molar-refractivity contribution in [2.45, 2.75) is 75.6 Å². The Kier molecular flexibility index (Phi) is 18.8. The smallest absolute Gasteiger partial charge is 0.327 e. The van der Waals surface area contributed by atoms with Gasteiger partial charge in [0.05, 0.1) is 30.7 Å². The number of carboxylic acids is 2. The Morgan fingerprint density at radius 3 is 1.93 bits per heavy atom. The van der Waals surface area contributed by atoms with Gasteiger partial charge in [0.1, 0.15) is 24.4 Å². The van der Waals surface area contributed by atoms with Gasteiger partial charge in [-0.3, -0.25) is 24.0 Å². The molecule has 0 aromatic carbocycles. The van der Waals surface area contributed by atoms with Crippen LogP contribution in [0.2, 0.25) is 0 Å². The number of aldehydes is 1. The largest absolute Gasteiger partial charge is 0.481 e. The van der Waals surface area contributed by atoms with Crippen LogP contribution in [0, 0.1) is 0 Å². The second kappa shape index (κ2) is 20.7. The van der Waals surface area contributed by atoms with Crippen molar-refractivity contribution >= 4 is 85.0 Å². The lowest BCUT2D eigenvalue weighted by atomic mass is 10.1. The van der Waals surface area contributed by atoms with Crippen molar-refractivity contribution in [3.8, 4) is 0 Å². The van der Waals surface area contributed by atoms with Crippen LogP contribution in [-0.4, -0.2) is 136 Å². The van der Waals surface area contributed by atoms with Gasteiger partial charge < -0.3 is 52.0 Å². The van der Waals surface area contributed by atoms with Crippen molar-refractivity contribution in [3.63, 3.8) is 0 Å². The molecule has 44 heavy (non-hydrogen) atoms. The molecule has 0 radical (unpaired) electrons. The average molecular weight is 701 g/mol. The van der Waals surface area contributed by atoms with E-state index in [1.165, 1.54) is 35.6 Å². The van der Waals surface area contributed by atoms with Crippen LogP contribution in [0.25, 0.3) is 0 Å². The standard InChI is InChI=1S/C24H40N6O10S4/c1-11(2)26-16-9-43-42-8-15(25-4)21(36)28-14(5-18(33)34)20(35)27-13(6-31)7-41-44-10-17(24(39)40)29-23(38)19(12(3)32)30-22(16)37/h6,11-17,19,25-26,32H,5,7-10H2,1-4H3,(H,27,35)(H,28,36)(H,29,38)(H,30,37)(H,33,34)(H,39,40)/t12-,13-,14+,15+,16+,17+,19+/m1/s1. The quantitative estimate of drug-likeness (QED) is 0.0962. The highest BCUT2D eigenvalue weighted by atomic mass is 33.1. The van der Waals surface area contributed by atoms with Gasteiger partial charge in [-0.1, -0.05) is 57.0 Å². The molecular formula is C24H40N6O10S4. The lowest BCUT2D eigenvalue weighted by Gasteiger charge is -2.27. The fraction of sp³-hybridized carbons (Fsp3) is 0.708. The minimum Gasteiger partial charge on any atom is -0.481 e. The molecule has 0 saturated carbocycles. The van der Waals surface area contributed by atoms with Gasteiger partial charge in [0.15, 0.2) is 0 Å². The Balaban J connectivity index is 3.28. The summed E-state index contributed by atoms with van der Waals surface area (Å²) in [6.07, 6.45) is -1.68. The maximum Gasteiger partial charge on any atom is 0.327 e. The van der Waals surface area contributed by atoms with Gasteiger partial charge in [-0.25, -0.2) is 4.79 Å². The highest BCUT2D eigenvalue weighted by Gasteiger charge is 2.33. The Morgan fingerprint density at radius 2 is 1.41 bits per heavy atom. The van der Waals surface area contributed by atoms with Crippen LogP contribution in [0.5, 0.6) is 0 Å². The zero-order chi connectivity index (χ0) is 33.4. The van der Waals surface area contributed by atoms with E-state index in [2.05, 4.69) is 31.9 Å². The monoisotopic (exact) mass is 700 g/mol. The van der Waals surface area contributed by atoms with Crippen LogP contribution < -0.4 is 31.9 Å². The molecule has 7 atom stereocenters. The van der Waals surface area contributed by atoms with E-state index in [1.807, 2.05) is 0 Å². The van der Waals surface area contributed by atoms with E-state index in [0.29, 0.717) is 6.29 Å². The molecule has 9 N–H and O–H groups in total. The van der Waals surface area contributed by atoms with Gasteiger partial charge >= 0.3 is 11.9 Å². The fourth-order valence-electron chi connectivity index (χ4n) is 3.51. The molecule has 1 saturated heterocycles. The number of aliphatic hydroxyl groups is 1. The number of nitrogens with one attached hydrogen (secondary N) is 6. The number of hydrogen-bond donors (Lipinski definition) is 9. The minimum atomic E-state index is -1.48. The molecule has 4 amide bonds. The van der Waals surface area contributed by atoms with Crippen molar-refractivity contribution in [1.29, 1.82) is 0 Å². The van der Waals surface area contributed by atoms with Gasteiger partial charge in [-0.2, -0.15) is 0 Å². The van der Waals surface area contributed by atoms with Crippen LogP contribution in [0.4, 0.5) is 0 Å². The Morgan fingerprint density at radius 1 is 0.841 bits per heavy atom. The van der Waals surface area contributed by atoms with E-state index in [9.17, 15) is 48.9 Å². The third-order valence-electron chi connectivity index (χ3n) is 5.82. The van der Waals surface area contributed by atoms with E-state index >= 15 is 0 Å². The van der Waals surface area contributed by atoms with E-state index in [1.54, 1.807) is 13.8 Å². The number of carbonyl (C=O) groups excluding carboxylic acids is 5. The first-order chi connectivity index (χ1) is 20.7. The van der Waals surface area contributed by atoms with Crippen LogP contribution >= 0.6 is 43.2 Å². The van der Waals surface area contributed by atoms with Crippen LogP contribution in [-0.2, 0) is 33.6 Å². The topological polar surface area (TPSA) is 252 Å². The number of hydrogen-bond acceptors (Lipinski definition) is 14. The van der Waals surface area contributed by atoms with E-state index in [0.717, 1.165) is 21.6 Å². The summed E-state index contributed by atoms with van der Waals surface area (Å²) in [5.74, 6) is -5.70. The van der Waals surface area contributed by atoms with Crippen molar-refractivity contribution in [1.82, 2.24) is 31.9 Å². The summed E-state index contributed by atoms with van der Waals surface area (Å²) in [4.78, 5) is 86.7. The molecular weight excluding hydrogens is 661 g/mol. The number of carbonyl (C=O) groups is 7. The lowest BCUT2D eigenvalue weighted by Crippen LogP contribution is -2.59. The normalized spacial score (nSPS) is 28.2. The van der Waals surface area contributed by atoms with Gasteiger partial charge in [0, 0.05) is 29.1 Å². The predicted molar refractivity (Wildman–Crippen MR) is 170 cm³/mol. The third-order valence-corrected chi connectivity index (χ3v) is 10.7. The Bertz CT molecular complexity index is 1020. The molecule has 0 aliphatic carbocycles. The molecule has 1 aliphatic rings. The number of aliphatic carboxylic acids is 2. The number of carboxylic acid groups (broad SMARTS) is 2. The first-order valence-corrected chi connectivity index (χ1v) is 18.4. The predicted octanol–water partition coefficient (Wildman–Crippen LogP) is -2.20. The van der Waals surface area contributed by atoms with Crippen molar-refractivity contribution in [3.05, 3.63) is 0 Å². The molecule has 0 aromatic rings. The molecule has 1 fully saturated rings. The van der Waals surface area contributed by atoms with E-state index in [-0.39, 0.29) is 29.1 Å². The highest BCUT2D eigenvalue weighted by Crippen LogP contribution is 2.24. The lowest BCUT2D eigenvalue weighted by molar-refractivity contribution is -0.142. The van der Waals surface area contributed by atoms with Gasteiger partial charge in [-0.05, 0) is 14.0 Å². The molecule has 1 rings (SSSR count). The Hall–Kier alpha value is -2.23. The van der Waals surface area contributed by atoms with Crippen molar-refractivity contribution in [2.24, 2.45) is 0 Å². The van der Waals surface area contributed by atoms with Crippen LogP contribution in [0.1, 0.15) is 27.2 Å². The summed E-state index contributed by atoms with van der Waals surface area (Å²) in [5, 5.41) is 44.6. The minimum absolute atomic E-state index is 0.0441. The zero-order valence-corrected chi connectivity index (χ0v) is 27.8. The number of rotatable bonds is 8. The average Bonchev–Trinajstić information content (AvgIpc) is 2.93. The summed E-state index contributed by atoms with van der Waals surface area (Å²) in [6, 6.07) is -7.29. The van der Waals surface area contributed by atoms with Gasteiger partial charge in [-0.15, -0.1) is 0 Å². The fourth-order valence-corrected chi connectivity index (χ4v) is 8.22. The summed E-state index contributed by atoms with van der Waals surface area (Å²) in [6.45, 7) is 4.89. The number of likely N-dealkylation sites (N-methyl/N-ethyl adjacent to an activating group) is 1. The SMILES string of the molecule is CN[C@H]1CSSC[C@H](NC(C)C)C(=O)N[C@@H]([C@@H](C)O)C(=O)N[C@H](C(=O)O)CSSC[C@@H](C=O)NC(=O)[C@H](CC(=O)O)NC1=O. The molecule has 16 nitrogen and oxygen atoms in total. The van der Waals surface area contributed by atoms with E-state index < -0.39 is 84.3 Å². The first-order valence-electron chi connectivity index (χ1n) is 13.4. The molecule has 250 valence electrons. The summed E-state index contributed by atoms with van der Waals surface area (Å²) < 4.78 is 0. The third kappa shape index (κ3) is 14.7. The highest BCUT2D eigenvalue weighted by molar-refractivity contribution is 8.77. The summed E-state index contributed by atoms with van der Waals surface area (Å²) in [5.41, 5.74) is 0. The summed E-state index contributed by atoms with van der Waals surface area (Å²) >= 11 is 0. The van der Waals surface area contributed by atoms with Crippen LogP contribution in [0.15, 0.2) is 0 Å². The van der Waals surface area contributed by atoms with Gasteiger partial charge in [0.25, 0.3) is 0 Å². The van der Waals surface area contributed by atoms with Crippen molar-refractivity contribution in [2.75, 3.05) is 30.1 Å². The molecule has 20 heteroatoms. The number of aliphatic hydroxyl groups excluding tert-OH is 1. The second-order valence-electron chi connectivity index (χ2n) is 9.89. The van der Waals surface area contributed by atoms with Crippen molar-refractivity contribution < 1.29 is 48.9 Å². The maximum absolute atomic E-state index is 13.2. The Labute approximate surface area is 270 Å². The first kappa shape index (κ1) is 39.8. The van der Waals surface area contributed by atoms with Crippen LogP contribution in [0.3, 0.4) is 0 Å². The molecule has 0 spiro atoms. The molecule has 1 heterocycles. The molecule has 0 unspecified atom stereocenters. The van der Waals surface area contributed by atoms with E-state index in [4.69, 9.17) is 0 Å². The molecule has 1 aliphatic heterocycles. The molecule has 0 bridgehead atoms. The zero-order valence-electron chi connectivity index (χ0n) is 24.6.